The van der Waals surface area contributed by atoms with Gasteiger partial charge in [-0.1, -0.05) is 18.2 Å². The van der Waals surface area contributed by atoms with Gasteiger partial charge in [0, 0.05) is 12.6 Å². The van der Waals surface area contributed by atoms with Crippen LogP contribution in [-0.4, -0.2) is 27.8 Å². The Hall–Kier alpha value is -2.54. The molecule has 3 N–H and O–H groups in total. The summed E-state index contributed by atoms with van der Waals surface area (Å²) in [5.41, 5.74) is 2.94. The second-order valence-electron chi connectivity index (χ2n) is 4.54. The molecule has 0 saturated heterocycles. The van der Waals surface area contributed by atoms with Gasteiger partial charge in [-0.15, -0.1) is 0 Å². The van der Waals surface area contributed by atoms with Crippen molar-refractivity contribution >= 4 is 11.7 Å². The van der Waals surface area contributed by atoms with Crippen LogP contribution in [-0.2, 0) is 0 Å². The molecule has 0 bridgehead atoms. The molecule has 7 heteroatoms. The lowest BCUT2D eigenvalue weighted by atomic mass is 10.1. The van der Waals surface area contributed by atoms with Gasteiger partial charge in [-0.3, -0.25) is 4.79 Å². The Bertz CT molecular complexity index is 632. The minimum absolute atomic E-state index is 0.166. The van der Waals surface area contributed by atoms with Crippen molar-refractivity contribution in [2.45, 2.75) is 13.0 Å². The Morgan fingerprint density at radius 1 is 1.33 bits per heavy atom. The number of nitrogen functional groups attached to an aromatic ring is 1. The minimum Gasteiger partial charge on any atom is -0.333 e. The smallest absolute Gasteiger partial charge is 0.274 e. The summed E-state index contributed by atoms with van der Waals surface area (Å²) in [4.78, 5) is 21.6. The Morgan fingerprint density at radius 2 is 2.05 bits per heavy atom. The number of anilines is 1. The Kier molecular flexibility index (Phi) is 4.44. The maximum Gasteiger partial charge on any atom is 0.274 e. The molecule has 0 aliphatic heterocycles. The Morgan fingerprint density at radius 3 is 2.62 bits per heavy atom. The minimum atomic E-state index is -0.423. The second-order valence-corrected chi connectivity index (χ2v) is 4.54. The van der Waals surface area contributed by atoms with E-state index in [1.54, 1.807) is 32.2 Å². The molecule has 0 fully saturated rings. The highest BCUT2D eigenvalue weighted by Gasteiger charge is 2.22. The van der Waals surface area contributed by atoms with Gasteiger partial charge < -0.3 is 10.3 Å². The molecule has 1 atom stereocenters. The molecule has 21 heavy (non-hydrogen) atoms. The molecule has 0 radical (unpaired) electrons. The van der Waals surface area contributed by atoms with E-state index in [0.29, 0.717) is 11.4 Å². The van der Waals surface area contributed by atoms with Crippen LogP contribution in [0, 0.1) is 5.82 Å². The summed E-state index contributed by atoms with van der Waals surface area (Å²) in [5, 5.41) is 0. The summed E-state index contributed by atoms with van der Waals surface area (Å²) in [6, 6.07) is 5.93. The quantitative estimate of drug-likeness (QED) is 0.661. The second kappa shape index (κ2) is 6.27. The van der Waals surface area contributed by atoms with Crippen molar-refractivity contribution in [3.63, 3.8) is 0 Å². The fourth-order valence-corrected chi connectivity index (χ4v) is 1.89. The molecule has 2 aromatic rings. The van der Waals surface area contributed by atoms with Crippen LogP contribution >= 0.6 is 0 Å². The van der Waals surface area contributed by atoms with Crippen molar-refractivity contribution in [1.82, 2.24) is 14.9 Å². The van der Waals surface area contributed by atoms with Crippen molar-refractivity contribution in [1.29, 1.82) is 0 Å². The van der Waals surface area contributed by atoms with Crippen molar-refractivity contribution in [2.75, 3.05) is 12.5 Å². The maximum atomic E-state index is 13.8. The van der Waals surface area contributed by atoms with Gasteiger partial charge in [0.15, 0.2) is 5.82 Å². The molecule has 0 spiro atoms. The Balaban J connectivity index is 2.20. The van der Waals surface area contributed by atoms with Crippen LogP contribution in [0.25, 0.3) is 0 Å². The summed E-state index contributed by atoms with van der Waals surface area (Å²) in [5.74, 6) is 4.85. The van der Waals surface area contributed by atoms with E-state index in [4.69, 9.17) is 5.84 Å². The summed E-state index contributed by atoms with van der Waals surface area (Å²) in [7, 11) is 1.59. The number of halogens is 1. The molecule has 1 aromatic carbocycles. The van der Waals surface area contributed by atoms with E-state index in [-0.39, 0.29) is 17.4 Å². The van der Waals surface area contributed by atoms with Gasteiger partial charge in [0.05, 0.1) is 18.4 Å². The monoisotopic (exact) mass is 289 g/mol. The first-order valence-electron chi connectivity index (χ1n) is 6.35. The standard InChI is InChI=1S/C14H16FN5O/c1-9(10-5-3-4-6-11(10)15)20(2)14(21)12-7-18-13(19-16)8-17-12/h3-9H,16H2,1-2H3,(H,18,19). The first kappa shape index (κ1) is 14.9. The molecular weight excluding hydrogens is 273 g/mol. The number of rotatable bonds is 4. The fourth-order valence-electron chi connectivity index (χ4n) is 1.89. The lowest BCUT2D eigenvalue weighted by Crippen LogP contribution is -2.31. The van der Waals surface area contributed by atoms with Crippen LogP contribution in [0.5, 0.6) is 0 Å². The molecule has 110 valence electrons. The van der Waals surface area contributed by atoms with Gasteiger partial charge in [0.1, 0.15) is 11.5 Å². The Labute approximate surface area is 121 Å². The predicted molar refractivity (Wildman–Crippen MR) is 76.8 cm³/mol. The number of benzene rings is 1. The highest BCUT2D eigenvalue weighted by molar-refractivity contribution is 5.92. The van der Waals surface area contributed by atoms with Gasteiger partial charge in [-0.2, -0.15) is 0 Å². The largest absolute Gasteiger partial charge is 0.333 e. The van der Waals surface area contributed by atoms with E-state index in [0.717, 1.165) is 0 Å². The lowest BCUT2D eigenvalue weighted by molar-refractivity contribution is 0.0734. The fraction of sp³-hybridized carbons (Fsp3) is 0.214. The number of carbonyl (C=O) groups is 1. The zero-order chi connectivity index (χ0) is 15.4. The molecule has 0 saturated carbocycles. The number of nitrogens with zero attached hydrogens (tertiary/aromatic N) is 3. The van der Waals surface area contributed by atoms with Gasteiger partial charge in [0.2, 0.25) is 0 Å². The summed E-state index contributed by atoms with van der Waals surface area (Å²) >= 11 is 0. The average Bonchev–Trinajstić information content (AvgIpc) is 2.53. The zero-order valence-corrected chi connectivity index (χ0v) is 11.7. The number of carbonyl (C=O) groups excluding carboxylic acids is 1. The van der Waals surface area contributed by atoms with Crippen LogP contribution in [0.3, 0.4) is 0 Å². The van der Waals surface area contributed by atoms with Crippen LogP contribution in [0.4, 0.5) is 10.2 Å². The number of hydrogen-bond donors (Lipinski definition) is 2. The third-order valence-electron chi connectivity index (χ3n) is 3.28. The van der Waals surface area contributed by atoms with Gasteiger partial charge in [-0.05, 0) is 13.0 Å². The maximum absolute atomic E-state index is 13.8. The number of nitrogens with one attached hydrogen (secondary N) is 1. The van der Waals surface area contributed by atoms with Gasteiger partial charge in [0.25, 0.3) is 5.91 Å². The van der Waals surface area contributed by atoms with Crippen molar-refractivity contribution < 1.29 is 9.18 Å². The van der Waals surface area contributed by atoms with Gasteiger partial charge >= 0.3 is 0 Å². The normalized spacial score (nSPS) is 11.8. The number of amides is 1. The predicted octanol–water partition coefficient (Wildman–Crippen LogP) is 1.73. The average molecular weight is 289 g/mol. The van der Waals surface area contributed by atoms with Crippen LogP contribution < -0.4 is 11.3 Å². The van der Waals surface area contributed by atoms with E-state index < -0.39 is 6.04 Å². The molecule has 1 amide bonds. The molecule has 1 heterocycles. The molecule has 1 aromatic heterocycles. The molecule has 6 nitrogen and oxygen atoms in total. The van der Waals surface area contributed by atoms with Crippen LogP contribution in [0.2, 0.25) is 0 Å². The molecular formula is C14H16FN5O. The zero-order valence-electron chi connectivity index (χ0n) is 11.7. The number of aromatic nitrogens is 2. The van der Waals surface area contributed by atoms with Crippen molar-refractivity contribution in [3.05, 3.63) is 53.7 Å². The van der Waals surface area contributed by atoms with Crippen LogP contribution in [0.15, 0.2) is 36.7 Å². The third kappa shape index (κ3) is 3.14. The first-order valence-corrected chi connectivity index (χ1v) is 6.35. The highest BCUT2D eigenvalue weighted by atomic mass is 19.1. The summed E-state index contributed by atoms with van der Waals surface area (Å²) in [6.45, 7) is 1.75. The van der Waals surface area contributed by atoms with Crippen molar-refractivity contribution in [2.24, 2.45) is 5.84 Å². The van der Waals surface area contributed by atoms with Crippen LogP contribution in [0.1, 0.15) is 29.0 Å². The van der Waals surface area contributed by atoms with E-state index >= 15 is 0 Å². The number of nitrogens with two attached hydrogens (primary N) is 1. The number of hydrogen-bond acceptors (Lipinski definition) is 5. The summed E-state index contributed by atoms with van der Waals surface area (Å²) < 4.78 is 13.8. The molecule has 0 aliphatic carbocycles. The van der Waals surface area contributed by atoms with E-state index in [1.165, 1.54) is 23.4 Å². The third-order valence-corrected chi connectivity index (χ3v) is 3.28. The van der Waals surface area contributed by atoms with Crippen molar-refractivity contribution in [3.8, 4) is 0 Å². The van der Waals surface area contributed by atoms with Gasteiger partial charge in [-0.25, -0.2) is 20.2 Å². The summed E-state index contributed by atoms with van der Waals surface area (Å²) in [6.07, 6.45) is 2.68. The lowest BCUT2D eigenvalue weighted by Gasteiger charge is -2.25. The van der Waals surface area contributed by atoms with E-state index in [9.17, 15) is 9.18 Å². The SMILES string of the molecule is CC(c1ccccc1F)N(C)C(=O)c1cnc(NN)cn1. The topological polar surface area (TPSA) is 84.1 Å². The molecule has 2 rings (SSSR count). The van der Waals surface area contributed by atoms with E-state index in [2.05, 4.69) is 15.4 Å². The molecule has 0 aliphatic rings. The van der Waals surface area contributed by atoms with E-state index in [1.807, 2.05) is 0 Å². The molecule has 1 unspecified atom stereocenters. The first-order chi connectivity index (χ1) is 10.0. The number of hydrazine groups is 1. The highest BCUT2D eigenvalue weighted by Crippen LogP contribution is 2.22.